The van der Waals surface area contributed by atoms with Crippen LogP contribution < -0.4 is 20.1 Å². The van der Waals surface area contributed by atoms with Gasteiger partial charge in [-0.25, -0.2) is 4.79 Å². The molecule has 0 bridgehead atoms. The smallest absolute Gasteiger partial charge is 0.321 e. The molecule has 7 nitrogen and oxygen atoms in total. The molecule has 1 aliphatic carbocycles. The number of carbonyl (C=O) groups is 2. The largest absolute Gasteiger partial charge is 0.497 e. The quantitative estimate of drug-likeness (QED) is 0.635. The number of rotatable bonds is 8. The summed E-state index contributed by atoms with van der Waals surface area (Å²) in [6.07, 6.45) is 9.80. The summed E-state index contributed by atoms with van der Waals surface area (Å²) < 4.78 is 10.8. The van der Waals surface area contributed by atoms with Gasteiger partial charge in [-0.15, -0.1) is 0 Å². The van der Waals surface area contributed by atoms with Gasteiger partial charge < -0.3 is 14.8 Å². The van der Waals surface area contributed by atoms with Crippen LogP contribution in [-0.4, -0.2) is 50.7 Å². The molecule has 164 valence electrons. The maximum absolute atomic E-state index is 12.4. The summed E-state index contributed by atoms with van der Waals surface area (Å²) in [6.45, 7) is 1.54. The summed E-state index contributed by atoms with van der Waals surface area (Å²) in [5.74, 6) is 1.20. The highest BCUT2D eigenvalue weighted by atomic mass is 16.5. The lowest BCUT2D eigenvalue weighted by Gasteiger charge is -2.25. The molecule has 1 saturated heterocycles. The maximum atomic E-state index is 12.4. The van der Waals surface area contributed by atoms with Crippen molar-refractivity contribution in [2.24, 2.45) is 0 Å². The van der Waals surface area contributed by atoms with Gasteiger partial charge in [-0.1, -0.05) is 17.7 Å². The summed E-state index contributed by atoms with van der Waals surface area (Å²) in [5, 5.41) is 5.26. The molecule has 1 heterocycles. The zero-order valence-electron chi connectivity index (χ0n) is 18.0. The van der Waals surface area contributed by atoms with Crippen LogP contribution in [0.2, 0.25) is 0 Å². The molecule has 0 aromatic heterocycles. The fraction of sp³-hybridized carbons (Fsp3) is 0.565. The Hall–Kier alpha value is -2.54. The Morgan fingerprint density at radius 2 is 2.03 bits per heavy atom. The van der Waals surface area contributed by atoms with Crippen molar-refractivity contribution < 1.29 is 19.1 Å². The van der Waals surface area contributed by atoms with E-state index >= 15 is 0 Å². The number of amides is 3. The van der Waals surface area contributed by atoms with E-state index < -0.39 is 6.03 Å². The van der Waals surface area contributed by atoms with E-state index in [0.29, 0.717) is 6.54 Å². The van der Waals surface area contributed by atoms with E-state index in [0.717, 1.165) is 55.7 Å². The highest BCUT2D eigenvalue weighted by Crippen LogP contribution is 2.38. The van der Waals surface area contributed by atoms with E-state index in [-0.39, 0.29) is 18.5 Å². The highest BCUT2D eigenvalue weighted by Gasteiger charge is 2.30. The Morgan fingerprint density at radius 3 is 2.77 bits per heavy atom. The van der Waals surface area contributed by atoms with Gasteiger partial charge in [0.1, 0.15) is 11.5 Å². The molecule has 0 saturated carbocycles. The van der Waals surface area contributed by atoms with Crippen molar-refractivity contribution in [3.05, 3.63) is 35.4 Å². The number of imide groups is 1. The van der Waals surface area contributed by atoms with Gasteiger partial charge in [-0.2, -0.15) is 0 Å². The van der Waals surface area contributed by atoms with Gasteiger partial charge in [0.05, 0.1) is 20.8 Å². The number of urea groups is 1. The first kappa shape index (κ1) is 22.2. The average Bonchev–Trinajstić information content (AvgIpc) is 3.21. The number of hydrogen-bond acceptors (Lipinski definition) is 5. The topological polar surface area (TPSA) is 79.9 Å². The van der Waals surface area contributed by atoms with Gasteiger partial charge >= 0.3 is 6.03 Å². The zero-order valence-corrected chi connectivity index (χ0v) is 18.0. The summed E-state index contributed by atoms with van der Waals surface area (Å²) in [5.41, 5.74) is 2.44. The van der Waals surface area contributed by atoms with E-state index in [9.17, 15) is 9.59 Å². The fourth-order valence-corrected chi connectivity index (χ4v) is 4.32. The van der Waals surface area contributed by atoms with Gasteiger partial charge in [0.15, 0.2) is 0 Å². The van der Waals surface area contributed by atoms with Crippen molar-refractivity contribution in [3.63, 3.8) is 0 Å². The number of carbonyl (C=O) groups excluding carboxylic acids is 2. The van der Waals surface area contributed by atoms with Crippen LogP contribution in [-0.2, 0) is 4.79 Å². The molecule has 1 fully saturated rings. The SMILES string of the molecule is COc1ccc([C@@H]2CCCN2CC(=O)NC(=O)NCCC2=CCCCC2)c(OC)c1. The maximum Gasteiger partial charge on any atom is 0.321 e. The molecule has 30 heavy (non-hydrogen) atoms. The van der Waals surface area contributed by atoms with Crippen molar-refractivity contribution in [1.29, 1.82) is 0 Å². The van der Waals surface area contributed by atoms with E-state index in [1.165, 1.54) is 18.4 Å². The predicted octanol–water partition coefficient (Wildman–Crippen LogP) is 3.56. The minimum atomic E-state index is -0.422. The lowest BCUT2D eigenvalue weighted by Crippen LogP contribution is -2.44. The second-order valence-electron chi connectivity index (χ2n) is 7.90. The third kappa shape index (κ3) is 5.98. The average molecular weight is 416 g/mol. The lowest BCUT2D eigenvalue weighted by atomic mass is 9.97. The number of nitrogens with one attached hydrogen (secondary N) is 2. The molecule has 1 atom stereocenters. The molecule has 1 aliphatic heterocycles. The van der Waals surface area contributed by atoms with E-state index in [2.05, 4.69) is 21.6 Å². The minimum Gasteiger partial charge on any atom is -0.497 e. The van der Waals surface area contributed by atoms with Crippen LogP contribution >= 0.6 is 0 Å². The number of ether oxygens (including phenoxy) is 2. The van der Waals surface area contributed by atoms with Crippen molar-refractivity contribution in [2.45, 2.75) is 51.0 Å². The second kappa shape index (κ2) is 11.0. The van der Waals surface area contributed by atoms with Crippen LogP contribution in [0.4, 0.5) is 4.79 Å². The first-order valence-corrected chi connectivity index (χ1v) is 10.8. The minimum absolute atomic E-state index is 0.0814. The first-order chi connectivity index (χ1) is 14.6. The Kier molecular flexibility index (Phi) is 8.13. The number of allylic oxidation sites excluding steroid dienone is 1. The van der Waals surface area contributed by atoms with Crippen LogP contribution in [0.5, 0.6) is 11.5 Å². The molecule has 2 N–H and O–H groups in total. The Balaban J connectivity index is 1.49. The standard InChI is InChI=1S/C23H33N3O4/c1-29-18-10-11-19(21(15-18)30-2)20-9-6-14-26(20)16-22(27)25-23(28)24-13-12-17-7-4-3-5-8-17/h7,10-11,15,20H,3-6,8-9,12-14,16H2,1-2H3,(H2,24,25,27,28)/t20-/m0/s1. The summed E-state index contributed by atoms with van der Waals surface area (Å²) >= 11 is 0. The lowest BCUT2D eigenvalue weighted by molar-refractivity contribution is -0.121. The van der Waals surface area contributed by atoms with E-state index in [1.54, 1.807) is 14.2 Å². The molecule has 7 heteroatoms. The monoisotopic (exact) mass is 415 g/mol. The molecule has 0 radical (unpaired) electrons. The van der Waals surface area contributed by atoms with Gasteiger partial charge in [-0.3, -0.25) is 15.0 Å². The molecule has 1 aromatic rings. The van der Waals surface area contributed by atoms with Gasteiger partial charge in [0, 0.05) is 24.2 Å². The molecule has 0 spiro atoms. The summed E-state index contributed by atoms with van der Waals surface area (Å²) in [6, 6.07) is 5.42. The van der Waals surface area contributed by atoms with Crippen molar-refractivity contribution in [1.82, 2.24) is 15.5 Å². The van der Waals surface area contributed by atoms with Crippen LogP contribution in [0.3, 0.4) is 0 Å². The zero-order chi connectivity index (χ0) is 21.3. The van der Waals surface area contributed by atoms with Gasteiger partial charge in [0.2, 0.25) is 5.91 Å². The third-order valence-corrected chi connectivity index (χ3v) is 5.88. The van der Waals surface area contributed by atoms with Crippen LogP contribution in [0.25, 0.3) is 0 Å². The number of hydrogen-bond donors (Lipinski definition) is 2. The number of nitrogens with zero attached hydrogens (tertiary/aromatic N) is 1. The molecular formula is C23H33N3O4. The normalized spacial score (nSPS) is 19.1. The van der Waals surface area contributed by atoms with Crippen LogP contribution in [0, 0.1) is 0 Å². The second-order valence-corrected chi connectivity index (χ2v) is 7.90. The number of benzene rings is 1. The fourth-order valence-electron chi connectivity index (χ4n) is 4.32. The van der Waals surface area contributed by atoms with E-state index in [1.807, 2.05) is 18.2 Å². The molecule has 0 unspecified atom stereocenters. The molecule has 3 amide bonds. The van der Waals surface area contributed by atoms with Crippen molar-refractivity contribution >= 4 is 11.9 Å². The Labute approximate surface area is 178 Å². The number of methoxy groups -OCH3 is 2. The Morgan fingerprint density at radius 1 is 1.17 bits per heavy atom. The molecule has 2 aliphatic rings. The highest BCUT2D eigenvalue weighted by molar-refractivity contribution is 5.95. The van der Waals surface area contributed by atoms with E-state index in [4.69, 9.17) is 9.47 Å². The molecule has 1 aromatic carbocycles. The molecular weight excluding hydrogens is 382 g/mol. The summed E-state index contributed by atoms with van der Waals surface area (Å²) in [7, 11) is 3.26. The predicted molar refractivity (Wildman–Crippen MR) is 116 cm³/mol. The third-order valence-electron chi connectivity index (χ3n) is 5.88. The summed E-state index contributed by atoms with van der Waals surface area (Å²) in [4.78, 5) is 26.6. The molecule has 3 rings (SSSR count). The van der Waals surface area contributed by atoms with Gasteiger partial charge in [-0.05, 0) is 57.6 Å². The number of likely N-dealkylation sites (tertiary alicyclic amines) is 1. The Bertz CT molecular complexity index is 778. The van der Waals surface area contributed by atoms with Crippen LogP contribution in [0.15, 0.2) is 29.8 Å². The first-order valence-electron chi connectivity index (χ1n) is 10.8. The van der Waals surface area contributed by atoms with Gasteiger partial charge in [0.25, 0.3) is 0 Å². The van der Waals surface area contributed by atoms with Crippen molar-refractivity contribution in [2.75, 3.05) is 33.9 Å². The van der Waals surface area contributed by atoms with Crippen LogP contribution in [0.1, 0.15) is 56.6 Å². The van der Waals surface area contributed by atoms with Crippen molar-refractivity contribution in [3.8, 4) is 11.5 Å².